The van der Waals surface area contributed by atoms with Crippen molar-refractivity contribution in [1.82, 2.24) is 0 Å². The van der Waals surface area contributed by atoms with E-state index in [0.717, 1.165) is 38.0 Å². The number of hydrogen-bond donors (Lipinski definition) is 1. The van der Waals surface area contributed by atoms with Crippen LogP contribution in [0.4, 0.5) is 10.1 Å². The van der Waals surface area contributed by atoms with Gasteiger partial charge in [-0.1, -0.05) is 36.4 Å². The SMILES string of the molecule is NC(CCc1ccccc1)CN1CCc2ccc(F)cc21. The zero-order chi connectivity index (χ0) is 14.7. The molecule has 0 radical (unpaired) electrons. The van der Waals surface area contributed by atoms with Gasteiger partial charge in [0.25, 0.3) is 0 Å². The van der Waals surface area contributed by atoms with E-state index in [1.54, 1.807) is 6.07 Å². The second kappa shape index (κ2) is 6.27. The summed E-state index contributed by atoms with van der Waals surface area (Å²) in [5.74, 6) is -0.168. The van der Waals surface area contributed by atoms with Gasteiger partial charge in [-0.05, 0) is 42.5 Å². The van der Waals surface area contributed by atoms with Gasteiger partial charge in [0.15, 0.2) is 0 Å². The van der Waals surface area contributed by atoms with Crippen molar-refractivity contribution >= 4 is 5.69 Å². The molecule has 1 unspecified atom stereocenters. The van der Waals surface area contributed by atoms with Crippen LogP contribution in [0.5, 0.6) is 0 Å². The minimum atomic E-state index is -0.168. The highest BCUT2D eigenvalue weighted by atomic mass is 19.1. The van der Waals surface area contributed by atoms with Gasteiger partial charge >= 0.3 is 0 Å². The fourth-order valence-corrected chi connectivity index (χ4v) is 2.98. The average Bonchev–Trinajstić information content (AvgIpc) is 2.88. The molecule has 1 aliphatic rings. The first-order chi connectivity index (χ1) is 10.2. The summed E-state index contributed by atoms with van der Waals surface area (Å²) in [6, 6.07) is 15.6. The van der Waals surface area contributed by atoms with Crippen molar-refractivity contribution < 1.29 is 4.39 Å². The maximum Gasteiger partial charge on any atom is 0.125 e. The summed E-state index contributed by atoms with van der Waals surface area (Å²) in [6.07, 6.45) is 2.93. The molecular formula is C18H21FN2. The Kier molecular flexibility index (Phi) is 4.20. The van der Waals surface area contributed by atoms with Gasteiger partial charge in [0.2, 0.25) is 0 Å². The Bertz CT molecular complexity index is 597. The van der Waals surface area contributed by atoms with E-state index in [1.165, 1.54) is 17.2 Å². The molecule has 0 fully saturated rings. The van der Waals surface area contributed by atoms with E-state index in [0.29, 0.717) is 0 Å². The Morgan fingerprint density at radius 1 is 1.14 bits per heavy atom. The third kappa shape index (κ3) is 3.42. The molecule has 1 heterocycles. The van der Waals surface area contributed by atoms with Crippen molar-refractivity contribution in [2.75, 3.05) is 18.0 Å². The molecule has 2 aromatic carbocycles. The normalized spacial score (nSPS) is 15.0. The van der Waals surface area contributed by atoms with Crippen LogP contribution in [0.3, 0.4) is 0 Å². The minimum Gasteiger partial charge on any atom is -0.369 e. The van der Waals surface area contributed by atoms with E-state index >= 15 is 0 Å². The minimum absolute atomic E-state index is 0.111. The molecule has 110 valence electrons. The van der Waals surface area contributed by atoms with Gasteiger partial charge in [0, 0.05) is 24.8 Å². The lowest BCUT2D eigenvalue weighted by molar-refractivity contribution is 0.594. The number of nitrogens with two attached hydrogens (primary N) is 1. The predicted octanol–water partition coefficient (Wildman–Crippen LogP) is 3.15. The number of halogens is 1. The van der Waals surface area contributed by atoms with E-state index < -0.39 is 0 Å². The second-order valence-corrected chi connectivity index (χ2v) is 5.75. The van der Waals surface area contributed by atoms with E-state index in [4.69, 9.17) is 5.73 Å². The predicted molar refractivity (Wildman–Crippen MR) is 85.1 cm³/mol. The molecular weight excluding hydrogens is 263 g/mol. The van der Waals surface area contributed by atoms with Crippen LogP contribution in [0.15, 0.2) is 48.5 Å². The van der Waals surface area contributed by atoms with Crippen molar-refractivity contribution in [3.63, 3.8) is 0 Å². The summed E-state index contributed by atoms with van der Waals surface area (Å²) < 4.78 is 13.4. The fraction of sp³-hybridized carbons (Fsp3) is 0.333. The van der Waals surface area contributed by atoms with Gasteiger partial charge < -0.3 is 10.6 Å². The monoisotopic (exact) mass is 284 g/mol. The number of rotatable bonds is 5. The summed E-state index contributed by atoms with van der Waals surface area (Å²) in [5.41, 5.74) is 9.83. The van der Waals surface area contributed by atoms with Gasteiger partial charge in [0.1, 0.15) is 5.82 Å². The van der Waals surface area contributed by atoms with Gasteiger partial charge in [0.05, 0.1) is 0 Å². The molecule has 3 rings (SSSR count). The van der Waals surface area contributed by atoms with Crippen molar-refractivity contribution in [2.45, 2.75) is 25.3 Å². The van der Waals surface area contributed by atoms with Crippen LogP contribution in [-0.2, 0) is 12.8 Å². The van der Waals surface area contributed by atoms with E-state index in [1.807, 2.05) is 12.1 Å². The van der Waals surface area contributed by atoms with Crippen molar-refractivity contribution in [2.24, 2.45) is 5.73 Å². The second-order valence-electron chi connectivity index (χ2n) is 5.75. The summed E-state index contributed by atoms with van der Waals surface area (Å²) in [6.45, 7) is 1.74. The van der Waals surface area contributed by atoms with E-state index in [2.05, 4.69) is 29.2 Å². The number of benzene rings is 2. The zero-order valence-electron chi connectivity index (χ0n) is 12.1. The zero-order valence-corrected chi connectivity index (χ0v) is 12.1. The average molecular weight is 284 g/mol. The van der Waals surface area contributed by atoms with E-state index in [9.17, 15) is 4.39 Å². The van der Waals surface area contributed by atoms with Gasteiger partial charge in [-0.25, -0.2) is 4.39 Å². The maximum absolute atomic E-state index is 13.4. The lowest BCUT2D eigenvalue weighted by atomic mass is 10.1. The summed E-state index contributed by atoms with van der Waals surface area (Å²) in [4.78, 5) is 2.22. The Hall–Kier alpha value is -1.87. The van der Waals surface area contributed by atoms with Crippen molar-refractivity contribution in [3.8, 4) is 0 Å². The van der Waals surface area contributed by atoms with Gasteiger partial charge in [-0.15, -0.1) is 0 Å². The molecule has 2 nitrogen and oxygen atoms in total. The molecule has 0 spiro atoms. The van der Waals surface area contributed by atoms with Gasteiger partial charge in [-0.2, -0.15) is 0 Å². The molecule has 0 amide bonds. The molecule has 3 heteroatoms. The molecule has 2 aromatic rings. The van der Waals surface area contributed by atoms with E-state index in [-0.39, 0.29) is 11.9 Å². The fourth-order valence-electron chi connectivity index (χ4n) is 2.98. The third-order valence-corrected chi connectivity index (χ3v) is 4.14. The van der Waals surface area contributed by atoms with Crippen LogP contribution in [-0.4, -0.2) is 19.1 Å². The lowest BCUT2D eigenvalue weighted by Crippen LogP contribution is -2.37. The largest absolute Gasteiger partial charge is 0.369 e. The number of aryl methyl sites for hydroxylation is 1. The quantitative estimate of drug-likeness (QED) is 0.914. The standard InChI is InChI=1S/C18H21FN2/c19-16-8-7-15-10-11-21(18(15)12-16)13-17(20)9-6-14-4-2-1-3-5-14/h1-5,7-8,12,17H,6,9-11,13,20H2. The number of fused-ring (bicyclic) bond motifs is 1. The Morgan fingerprint density at radius 2 is 1.95 bits per heavy atom. The highest BCUT2D eigenvalue weighted by molar-refractivity contribution is 5.58. The first kappa shape index (κ1) is 14.1. The molecule has 1 atom stereocenters. The number of hydrogen-bond acceptors (Lipinski definition) is 2. The molecule has 0 bridgehead atoms. The Balaban J connectivity index is 1.57. The van der Waals surface area contributed by atoms with Gasteiger partial charge in [-0.3, -0.25) is 0 Å². The number of anilines is 1. The van der Waals surface area contributed by atoms with Crippen LogP contribution in [0, 0.1) is 5.82 Å². The Labute approximate surface area is 125 Å². The molecule has 0 aliphatic carbocycles. The molecule has 0 saturated heterocycles. The molecule has 0 aromatic heterocycles. The highest BCUT2D eigenvalue weighted by Gasteiger charge is 2.21. The first-order valence-electron chi connectivity index (χ1n) is 7.55. The Morgan fingerprint density at radius 3 is 2.76 bits per heavy atom. The topological polar surface area (TPSA) is 29.3 Å². The third-order valence-electron chi connectivity index (χ3n) is 4.14. The summed E-state index contributed by atoms with van der Waals surface area (Å²) in [5, 5.41) is 0. The van der Waals surface area contributed by atoms with Crippen LogP contribution >= 0.6 is 0 Å². The molecule has 0 saturated carbocycles. The highest BCUT2D eigenvalue weighted by Crippen LogP contribution is 2.28. The smallest absolute Gasteiger partial charge is 0.125 e. The lowest BCUT2D eigenvalue weighted by Gasteiger charge is -2.23. The van der Waals surface area contributed by atoms with Crippen LogP contribution in [0.1, 0.15) is 17.5 Å². The van der Waals surface area contributed by atoms with Crippen LogP contribution in [0.2, 0.25) is 0 Å². The molecule has 21 heavy (non-hydrogen) atoms. The van der Waals surface area contributed by atoms with Crippen molar-refractivity contribution in [3.05, 3.63) is 65.5 Å². The van der Waals surface area contributed by atoms with Crippen molar-refractivity contribution in [1.29, 1.82) is 0 Å². The summed E-state index contributed by atoms with van der Waals surface area (Å²) >= 11 is 0. The molecule has 1 aliphatic heterocycles. The first-order valence-corrected chi connectivity index (χ1v) is 7.55. The maximum atomic E-state index is 13.4. The van der Waals surface area contributed by atoms with Crippen LogP contribution in [0.25, 0.3) is 0 Å². The van der Waals surface area contributed by atoms with Crippen LogP contribution < -0.4 is 10.6 Å². The number of nitrogens with zero attached hydrogens (tertiary/aromatic N) is 1. The summed E-state index contributed by atoms with van der Waals surface area (Å²) in [7, 11) is 0. The molecule has 2 N–H and O–H groups in total.